The molecule has 0 atom stereocenters. The van der Waals surface area contributed by atoms with Crippen molar-refractivity contribution in [2.75, 3.05) is 0 Å². The van der Waals surface area contributed by atoms with Gasteiger partial charge < -0.3 is 13.7 Å². The molecule has 13 rings (SSSR count). The molecule has 0 aliphatic heterocycles. The van der Waals surface area contributed by atoms with Crippen LogP contribution in [0.25, 0.3) is 117 Å². The van der Waals surface area contributed by atoms with Crippen molar-refractivity contribution < 1.29 is 0 Å². The molecule has 294 valence electrons. The van der Waals surface area contributed by atoms with Crippen LogP contribution in [0.4, 0.5) is 0 Å². The smallest absolute Gasteiger partial charge is 0.166 e. The van der Waals surface area contributed by atoms with Crippen LogP contribution in [-0.4, -0.2) is 28.7 Å². The minimum Gasteiger partial charge on any atom is -0.309 e. The van der Waals surface area contributed by atoms with Crippen molar-refractivity contribution in [2.45, 2.75) is 0 Å². The summed E-state index contributed by atoms with van der Waals surface area (Å²) in [4.78, 5) is 15.8. The Morgan fingerprint density at radius 2 is 0.730 bits per heavy atom. The van der Waals surface area contributed by atoms with Gasteiger partial charge in [-0.05, 0) is 54.6 Å². The summed E-state index contributed by atoms with van der Waals surface area (Å²) in [7, 11) is 0. The SMILES string of the molecule is c1ccc(-c2nc(-c3ccccc3)nc(-c3cccc4c5c(ccc6c7ccccc7n(-c7ccccc7)c65)n(-c5cccc6c7ccccc7n(-c7ccccc7)c56)c34)n2)cc1. The number of benzene rings is 9. The molecule has 0 bridgehead atoms. The minimum absolute atomic E-state index is 0.605. The van der Waals surface area contributed by atoms with E-state index in [0.29, 0.717) is 17.5 Å². The number of rotatable bonds is 6. The topological polar surface area (TPSA) is 53.5 Å². The summed E-state index contributed by atoms with van der Waals surface area (Å²) in [6.45, 7) is 0. The lowest BCUT2D eigenvalue weighted by Crippen LogP contribution is -2.03. The average Bonchev–Trinajstić information content (AvgIpc) is 4.01. The Morgan fingerprint density at radius 3 is 1.33 bits per heavy atom. The van der Waals surface area contributed by atoms with Gasteiger partial charge >= 0.3 is 0 Å². The molecular weight excluding hydrogens is 769 g/mol. The highest BCUT2D eigenvalue weighted by molar-refractivity contribution is 6.28. The van der Waals surface area contributed by atoms with Crippen molar-refractivity contribution >= 4 is 65.4 Å². The first kappa shape index (κ1) is 35.2. The molecule has 63 heavy (non-hydrogen) atoms. The quantitative estimate of drug-likeness (QED) is 0.168. The Hall–Kier alpha value is -8.61. The van der Waals surface area contributed by atoms with Crippen LogP contribution in [0, 0.1) is 0 Å². The van der Waals surface area contributed by atoms with Gasteiger partial charge in [0.2, 0.25) is 0 Å². The van der Waals surface area contributed by atoms with Crippen LogP contribution in [0.3, 0.4) is 0 Å². The first-order valence-electron chi connectivity index (χ1n) is 21.3. The van der Waals surface area contributed by atoms with Gasteiger partial charge in [-0.25, -0.2) is 15.0 Å². The Morgan fingerprint density at radius 1 is 0.270 bits per heavy atom. The van der Waals surface area contributed by atoms with Gasteiger partial charge in [-0.3, -0.25) is 0 Å². The molecule has 0 amide bonds. The van der Waals surface area contributed by atoms with E-state index in [2.05, 4.69) is 196 Å². The Kier molecular flexibility index (Phi) is 7.80. The van der Waals surface area contributed by atoms with E-state index < -0.39 is 0 Å². The largest absolute Gasteiger partial charge is 0.309 e. The number of para-hydroxylation sites is 6. The van der Waals surface area contributed by atoms with Crippen LogP contribution < -0.4 is 0 Å². The molecule has 0 saturated heterocycles. The highest BCUT2D eigenvalue weighted by Gasteiger charge is 2.26. The van der Waals surface area contributed by atoms with Gasteiger partial charge in [-0.1, -0.05) is 164 Å². The molecule has 4 heterocycles. The lowest BCUT2D eigenvalue weighted by atomic mass is 10.1. The first-order valence-corrected chi connectivity index (χ1v) is 21.3. The molecule has 13 aromatic rings. The number of nitrogens with zero attached hydrogens (tertiary/aromatic N) is 6. The van der Waals surface area contributed by atoms with E-state index in [1.54, 1.807) is 0 Å². The molecule has 0 radical (unpaired) electrons. The fourth-order valence-electron chi connectivity index (χ4n) is 9.84. The fourth-order valence-corrected chi connectivity index (χ4v) is 9.84. The number of hydrogen-bond acceptors (Lipinski definition) is 3. The average molecular weight is 805 g/mol. The first-order chi connectivity index (χ1) is 31.3. The third-order valence-corrected chi connectivity index (χ3v) is 12.5. The van der Waals surface area contributed by atoms with Gasteiger partial charge in [-0.2, -0.15) is 0 Å². The lowest BCUT2D eigenvalue weighted by Gasteiger charge is -2.16. The van der Waals surface area contributed by atoms with E-state index in [1.165, 1.54) is 21.5 Å². The highest BCUT2D eigenvalue weighted by atomic mass is 15.1. The maximum Gasteiger partial charge on any atom is 0.166 e. The third kappa shape index (κ3) is 5.35. The van der Waals surface area contributed by atoms with E-state index >= 15 is 0 Å². The Balaban J connectivity index is 1.24. The Labute approximate surface area is 362 Å². The summed E-state index contributed by atoms with van der Waals surface area (Å²) >= 11 is 0. The zero-order valence-corrected chi connectivity index (χ0v) is 34.0. The molecule has 0 aliphatic carbocycles. The van der Waals surface area contributed by atoms with E-state index in [-0.39, 0.29) is 0 Å². The molecule has 6 heteroatoms. The van der Waals surface area contributed by atoms with Crippen molar-refractivity contribution in [1.29, 1.82) is 0 Å². The molecule has 0 saturated carbocycles. The maximum absolute atomic E-state index is 5.33. The summed E-state index contributed by atoms with van der Waals surface area (Å²) in [6, 6.07) is 77.3. The summed E-state index contributed by atoms with van der Waals surface area (Å²) in [5.41, 5.74) is 12.7. The number of fused-ring (bicyclic) bond motifs is 10. The van der Waals surface area contributed by atoms with Crippen molar-refractivity contribution in [3.05, 3.63) is 218 Å². The van der Waals surface area contributed by atoms with E-state index in [9.17, 15) is 0 Å². The zero-order valence-electron chi connectivity index (χ0n) is 34.0. The van der Waals surface area contributed by atoms with Gasteiger partial charge in [-0.15, -0.1) is 0 Å². The van der Waals surface area contributed by atoms with Gasteiger partial charge in [0.15, 0.2) is 17.5 Å². The van der Waals surface area contributed by atoms with E-state index in [4.69, 9.17) is 15.0 Å². The second-order valence-electron chi connectivity index (χ2n) is 16.0. The van der Waals surface area contributed by atoms with Crippen LogP contribution >= 0.6 is 0 Å². The summed E-state index contributed by atoms with van der Waals surface area (Å²) in [5, 5.41) is 7.04. The fraction of sp³-hybridized carbons (Fsp3) is 0. The lowest BCUT2D eigenvalue weighted by molar-refractivity contribution is 1.07. The third-order valence-electron chi connectivity index (χ3n) is 12.5. The molecule has 0 aliphatic rings. The molecule has 0 fully saturated rings. The maximum atomic E-state index is 5.33. The molecule has 0 spiro atoms. The van der Waals surface area contributed by atoms with Gasteiger partial charge in [0.25, 0.3) is 0 Å². The Bertz CT molecular complexity index is 3830. The van der Waals surface area contributed by atoms with Crippen LogP contribution in [0.5, 0.6) is 0 Å². The molecule has 0 N–H and O–H groups in total. The normalized spacial score (nSPS) is 11.8. The number of aromatic nitrogens is 6. The second-order valence-corrected chi connectivity index (χ2v) is 16.0. The minimum atomic E-state index is 0.605. The summed E-state index contributed by atoms with van der Waals surface area (Å²) < 4.78 is 7.33. The van der Waals surface area contributed by atoms with E-state index in [1.807, 2.05) is 36.4 Å². The van der Waals surface area contributed by atoms with Gasteiger partial charge in [0, 0.05) is 60.4 Å². The monoisotopic (exact) mass is 804 g/mol. The summed E-state index contributed by atoms with van der Waals surface area (Å²) in [6.07, 6.45) is 0. The van der Waals surface area contributed by atoms with Gasteiger partial charge in [0.1, 0.15) is 0 Å². The van der Waals surface area contributed by atoms with Crippen molar-refractivity contribution in [1.82, 2.24) is 28.7 Å². The predicted molar refractivity (Wildman–Crippen MR) is 259 cm³/mol. The molecule has 0 unspecified atom stereocenters. The highest BCUT2D eigenvalue weighted by Crippen LogP contribution is 2.46. The molecule has 9 aromatic carbocycles. The predicted octanol–water partition coefficient (Wildman–Crippen LogP) is 14.2. The van der Waals surface area contributed by atoms with Crippen molar-refractivity contribution in [3.8, 4) is 51.2 Å². The standard InChI is InChI=1S/C57H36N6/c1-5-19-37(20-6-1)55-58-56(38-21-7-2-8-22-38)60-57(59-55)46-31-17-30-45-51-49(36-35-44-42-28-14-16-33-48(42)62(54(44)51)40-25-11-4-12-26-40)63(52(45)46)50-34-18-29-43-41-27-13-15-32-47(41)61(53(43)50)39-23-9-3-10-24-39/h1-36H. The van der Waals surface area contributed by atoms with Crippen LogP contribution in [-0.2, 0) is 0 Å². The number of hydrogen-bond donors (Lipinski definition) is 0. The van der Waals surface area contributed by atoms with Crippen molar-refractivity contribution in [2.24, 2.45) is 0 Å². The molecule has 4 aromatic heterocycles. The van der Waals surface area contributed by atoms with Crippen molar-refractivity contribution in [3.63, 3.8) is 0 Å². The molecular formula is C57H36N6. The van der Waals surface area contributed by atoms with E-state index in [0.717, 1.165) is 77.6 Å². The zero-order chi connectivity index (χ0) is 41.4. The second kappa shape index (κ2) is 14.0. The summed E-state index contributed by atoms with van der Waals surface area (Å²) in [5.74, 6) is 1.85. The van der Waals surface area contributed by atoms with Crippen LogP contribution in [0.15, 0.2) is 218 Å². The van der Waals surface area contributed by atoms with Crippen LogP contribution in [0.2, 0.25) is 0 Å². The molecule has 6 nitrogen and oxygen atoms in total. The van der Waals surface area contributed by atoms with Gasteiger partial charge in [0.05, 0.1) is 38.8 Å². The van der Waals surface area contributed by atoms with Crippen LogP contribution in [0.1, 0.15) is 0 Å².